The Morgan fingerprint density at radius 3 is 3.00 bits per heavy atom. The third-order valence-corrected chi connectivity index (χ3v) is 3.43. The van der Waals surface area contributed by atoms with Crippen LogP contribution in [0.1, 0.15) is 31.5 Å². The molecule has 1 unspecified atom stereocenters. The minimum atomic E-state index is -0.00948. The zero-order valence-corrected chi connectivity index (χ0v) is 10.3. The van der Waals surface area contributed by atoms with Gasteiger partial charge in [0, 0.05) is 25.7 Å². The molecule has 1 saturated heterocycles. The summed E-state index contributed by atoms with van der Waals surface area (Å²) in [5.74, 6) is 0.619. The molecule has 0 aliphatic carbocycles. The molecule has 94 valence electrons. The number of aromatic nitrogens is 1. The number of nitrogens with two attached hydrogens (primary N) is 1. The highest BCUT2D eigenvalue weighted by atomic mass is 16.3. The lowest BCUT2D eigenvalue weighted by atomic mass is 10.1. The van der Waals surface area contributed by atoms with Crippen molar-refractivity contribution in [3.63, 3.8) is 0 Å². The summed E-state index contributed by atoms with van der Waals surface area (Å²) in [6.07, 6.45) is 3.97. The van der Waals surface area contributed by atoms with E-state index in [1.807, 2.05) is 19.2 Å². The van der Waals surface area contributed by atoms with Gasteiger partial charge < -0.3 is 15.7 Å². The summed E-state index contributed by atoms with van der Waals surface area (Å²) in [6, 6.07) is 4.08. The maximum absolute atomic E-state index is 8.94. The summed E-state index contributed by atoms with van der Waals surface area (Å²) < 4.78 is 0. The van der Waals surface area contributed by atoms with Crippen molar-refractivity contribution in [2.45, 2.75) is 25.8 Å². The Morgan fingerprint density at radius 1 is 1.59 bits per heavy atom. The van der Waals surface area contributed by atoms with Gasteiger partial charge in [-0.25, -0.2) is 0 Å². The number of anilines is 1. The summed E-state index contributed by atoms with van der Waals surface area (Å²) in [5, 5.41) is 8.94. The molecule has 4 heteroatoms. The third kappa shape index (κ3) is 2.96. The van der Waals surface area contributed by atoms with E-state index < -0.39 is 0 Å². The number of aliphatic hydroxyl groups excluding tert-OH is 1. The predicted octanol–water partition coefficient (Wildman–Crippen LogP) is 1.31. The SMILES string of the molecule is C[C@H](N)c1ccc(N2CCC(CCO)C2)cn1. The lowest BCUT2D eigenvalue weighted by Crippen LogP contribution is -2.20. The van der Waals surface area contributed by atoms with E-state index in [-0.39, 0.29) is 6.04 Å². The van der Waals surface area contributed by atoms with Crippen molar-refractivity contribution in [1.82, 2.24) is 4.98 Å². The molecule has 0 amide bonds. The molecule has 1 aliphatic rings. The van der Waals surface area contributed by atoms with Gasteiger partial charge in [-0.1, -0.05) is 0 Å². The van der Waals surface area contributed by atoms with Gasteiger partial charge in [0.2, 0.25) is 0 Å². The number of hydrogen-bond acceptors (Lipinski definition) is 4. The fourth-order valence-electron chi connectivity index (χ4n) is 2.34. The molecule has 17 heavy (non-hydrogen) atoms. The lowest BCUT2D eigenvalue weighted by molar-refractivity contribution is 0.263. The minimum absolute atomic E-state index is 0.00948. The van der Waals surface area contributed by atoms with Crippen molar-refractivity contribution in [1.29, 1.82) is 0 Å². The number of nitrogens with zero attached hydrogens (tertiary/aromatic N) is 2. The van der Waals surface area contributed by atoms with Crippen LogP contribution in [0, 0.1) is 5.92 Å². The standard InChI is InChI=1S/C13H21N3O/c1-10(14)13-3-2-12(8-15-13)16-6-4-11(9-16)5-7-17/h2-3,8,10-11,17H,4-7,9,14H2,1H3/t10-,11?/m0/s1. The predicted molar refractivity (Wildman–Crippen MR) is 68.9 cm³/mol. The van der Waals surface area contributed by atoms with E-state index in [0.29, 0.717) is 12.5 Å². The minimum Gasteiger partial charge on any atom is -0.396 e. The van der Waals surface area contributed by atoms with Gasteiger partial charge in [0.1, 0.15) is 0 Å². The normalized spacial score (nSPS) is 21.8. The van der Waals surface area contributed by atoms with E-state index in [4.69, 9.17) is 10.8 Å². The topological polar surface area (TPSA) is 62.4 Å². The van der Waals surface area contributed by atoms with Crippen molar-refractivity contribution >= 4 is 5.69 Å². The molecule has 1 aromatic rings. The Labute approximate surface area is 102 Å². The monoisotopic (exact) mass is 235 g/mol. The molecule has 1 aromatic heterocycles. The molecule has 4 nitrogen and oxygen atoms in total. The van der Waals surface area contributed by atoms with Gasteiger partial charge in [-0.3, -0.25) is 4.98 Å². The van der Waals surface area contributed by atoms with Crippen LogP contribution < -0.4 is 10.6 Å². The quantitative estimate of drug-likeness (QED) is 0.826. The van der Waals surface area contributed by atoms with Crippen molar-refractivity contribution in [2.75, 3.05) is 24.6 Å². The van der Waals surface area contributed by atoms with Gasteiger partial charge in [-0.05, 0) is 37.8 Å². The van der Waals surface area contributed by atoms with E-state index in [2.05, 4.69) is 16.0 Å². The maximum Gasteiger partial charge on any atom is 0.0569 e. The first-order valence-corrected chi connectivity index (χ1v) is 6.28. The van der Waals surface area contributed by atoms with Crippen LogP contribution >= 0.6 is 0 Å². The molecular weight excluding hydrogens is 214 g/mol. The average molecular weight is 235 g/mol. The summed E-state index contributed by atoms with van der Waals surface area (Å²) in [6.45, 7) is 4.32. The molecule has 0 radical (unpaired) electrons. The van der Waals surface area contributed by atoms with Crippen molar-refractivity contribution in [2.24, 2.45) is 11.7 Å². The number of aliphatic hydroxyl groups is 1. The number of rotatable bonds is 4. The molecule has 1 fully saturated rings. The van der Waals surface area contributed by atoms with Gasteiger partial charge >= 0.3 is 0 Å². The molecule has 2 atom stereocenters. The molecular formula is C13H21N3O. The van der Waals surface area contributed by atoms with E-state index in [0.717, 1.165) is 37.3 Å². The Balaban J connectivity index is 1.99. The van der Waals surface area contributed by atoms with E-state index in [1.54, 1.807) is 0 Å². The first-order valence-electron chi connectivity index (χ1n) is 6.28. The largest absolute Gasteiger partial charge is 0.396 e. The highest BCUT2D eigenvalue weighted by Crippen LogP contribution is 2.25. The second kappa shape index (κ2) is 5.47. The van der Waals surface area contributed by atoms with Crippen LogP contribution in [0.5, 0.6) is 0 Å². The van der Waals surface area contributed by atoms with Crippen molar-refractivity contribution in [3.8, 4) is 0 Å². The summed E-state index contributed by atoms with van der Waals surface area (Å²) in [4.78, 5) is 6.71. The Kier molecular flexibility index (Phi) is 3.97. The number of pyridine rings is 1. The van der Waals surface area contributed by atoms with Crippen molar-refractivity contribution < 1.29 is 5.11 Å². The molecule has 0 bridgehead atoms. The van der Waals surface area contributed by atoms with Crippen LogP contribution in [0.4, 0.5) is 5.69 Å². The lowest BCUT2D eigenvalue weighted by Gasteiger charge is -2.18. The highest BCUT2D eigenvalue weighted by molar-refractivity contribution is 5.45. The first kappa shape index (κ1) is 12.3. The van der Waals surface area contributed by atoms with Crippen LogP contribution in [-0.4, -0.2) is 29.8 Å². The second-order valence-electron chi connectivity index (χ2n) is 4.84. The molecule has 0 saturated carbocycles. The van der Waals surface area contributed by atoms with Gasteiger partial charge in [0.05, 0.1) is 17.6 Å². The molecule has 3 N–H and O–H groups in total. The molecule has 2 rings (SSSR count). The van der Waals surface area contributed by atoms with Crippen LogP contribution in [0.3, 0.4) is 0 Å². The summed E-state index contributed by atoms with van der Waals surface area (Å²) in [5.41, 5.74) is 7.87. The second-order valence-corrected chi connectivity index (χ2v) is 4.84. The maximum atomic E-state index is 8.94. The van der Waals surface area contributed by atoms with Crippen LogP contribution in [0.2, 0.25) is 0 Å². The number of hydrogen-bond donors (Lipinski definition) is 2. The third-order valence-electron chi connectivity index (χ3n) is 3.43. The van der Waals surface area contributed by atoms with E-state index in [1.165, 1.54) is 0 Å². The highest BCUT2D eigenvalue weighted by Gasteiger charge is 2.22. The smallest absolute Gasteiger partial charge is 0.0569 e. The van der Waals surface area contributed by atoms with Gasteiger partial charge in [0.15, 0.2) is 0 Å². The Bertz CT molecular complexity index is 350. The first-order chi connectivity index (χ1) is 8.20. The fourth-order valence-corrected chi connectivity index (χ4v) is 2.34. The van der Waals surface area contributed by atoms with Crippen LogP contribution in [-0.2, 0) is 0 Å². The van der Waals surface area contributed by atoms with Crippen LogP contribution in [0.15, 0.2) is 18.3 Å². The van der Waals surface area contributed by atoms with Gasteiger partial charge in [-0.2, -0.15) is 0 Å². The average Bonchev–Trinajstić information content (AvgIpc) is 2.78. The molecule has 2 heterocycles. The van der Waals surface area contributed by atoms with Gasteiger partial charge in [-0.15, -0.1) is 0 Å². The molecule has 0 spiro atoms. The van der Waals surface area contributed by atoms with E-state index >= 15 is 0 Å². The fraction of sp³-hybridized carbons (Fsp3) is 0.615. The molecule has 0 aromatic carbocycles. The van der Waals surface area contributed by atoms with Crippen LogP contribution in [0.25, 0.3) is 0 Å². The summed E-state index contributed by atoms with van der Waals surface area (Å²) >= 11 is 0. The Morgan fingerprint density at radius 2 is 2.41 bits per heavy atom. The van der Waals surface area contributed by atoms with Crippen molar-refractivity contribution in [3.05, 3.63) is 24.0 Å². The zero-order chi connectivity index (χ0) is 12.3. The Hall–Kier alpha value is -1.13. The van der Waals surface area contributed by atoms with Gasteiger partial charge in [0.25, 0.3) is 0 Å². The van der Waals surface area contributed by atoms with E-state index in [9.17, 15) is 0 Å². The summed E-state index contributed by atoms with van der Waals surface area (Å²) in [7, 11) is 0. The molecule has 1 aliphatic heterocycles. The zero-order valence-electron chi connectivity index (χ0n) is 10.3.